The minimum Gasteiger partial charge on any atom is -0.298 e. The zero-order chi connectivity index (χ0) is 12.4. The van der Waals surface area contributed by atoms with Crippen molar-refractivity contribution in [1.29, 1.82) is 0 Å². The van der Waals surface area contributed by atoms with Crippen molar-refractivity contribution in [3.05, 3.63) is 59.2 Å². The van der Waals surface area contributed by atoms with E-state index in [1.54, 1.807) is 13.0 Å². The Balaban J connectivity index is 2.58. The first-order valence-electron chi connectivity index (χ1n) is 5.13. The normalized spacial score (nSPS) is 10.3. The second-order valence-electron chi connectivity index (χ2n) is 3.82. The second kappa shape index (κ2) is 4.45. The first-order valence-corrected chi connectivity index (χ1v) is 5.13. The maximum absolute atomic E-state index is 13.6. The van der Waals surface area contributed by atoms with E-state index in [4.69, 9.17) is 0 Å². The van der Waals surface area contributed by atoms with Crippen molar-refractivity contribution in [3.63, 3.8) is 0 Å². The molecule has 0 aliphatic carbocycles. The van der Waals surface area contributed by atoms with Crippen LogP contribution in [0.2, 0.25) is 0 Å². The Bertz CT molecular complexity index is 576. The molecule has 3 heteroatoms. The average molecular weight is 232 g/mol. The van der Waals surface area contributed by atoms with Crippen LogP contribution in [0.15, 0.2) is 36.4 Å². The molecule has 17 heavy (non-hydrogen) atoms. The molecule has 0 aromatic heterocycles. The van der Waals surface area contributed by atoms with E-state index >= 15 is 0 Å². The fraction of sp³-hybridized carbons (Fsp3) is 0.0714. The first kappa shape index (κ1) is 11.5. The fourth-order valence-corrected chi connectivity index (χ4v) is 1.65. The smallest absolute Gasteiger partial charge is 0.150 e. The monoisotopic (exact) mass is 232 g/mol. The number of aryl methyl sites for hydroxylation is 1. The van der Waals surface area contributed by atoms with Gasteiger partial charge >= 0.3 is 0 Å². The third kappa shape index (κ3) is 2.23. The molecule has 0 unspecified atom stereocenters. The first-order chi connectivity index (χ1) is 8.11. The van der Waals surface area contributed by atoms with Crippen LogP contribution >= 0.6 is 0 Å². The van der Waals surface area contributed by atoms with Gasteiger partial charge in [-0.3, -0.25) is 4.79 Å². The van der Waals surface area contributed by atoms with Gasteiger partial charge in [0.1, 0.15) is 17.9 Å². The molecule has 0 amide bonds. The van der Waals surface area contributed by atoms with Crippen molar-refractivity contribution in [2.75, 3.05) is 0 Å². The molecule has 0 N–H and O–H groups in total. The maximum atomic E-state index is 13.6. The molecule has 0 radical (unpaired) electrons. The Hall–Kier alpha value is -2.03. The predicted molar refractivity (Wildman–Crippen MR) is 61.9 cm³/mol. The Morgan fingerprint density at radius 2 is 1.71 bits per heavy atom. The van der Waals surface area contributed by atoms with E-state index in [1.165, 1.54) is 30.3 Å². The molecule has 0 fully saturated rings. The lowest BCUT2D eigenvalue weighted by atomic mass is 10.0. The van der Waals surface area contributed by atoms with Crippen LogP contribution in [0.3, 0.4) is 0 Å². The number of hydrogen-bond donors (Lipinski definition) is 0. The van der Waals surface area contributed by atoms with E-state index in [2.05, 4.69) is 0 Å². The lowest BCUT2D eigenvalue weighted by Gasteiger charge is -2.06. The standard InChI is InChI=1S/C14H10F2O/c1-9-6-11(3-5-13(9)15)12-7-10(8-17)2-4-14(12)16/h2-8H,1H3. The van der Waals surface area contributed by atoms with Crippen molar-refractivity contribution in [2.45, 2.75) is 6.92 Å². The number of aldehydes is 1. The van der Waals surface area contributed by atoms with Crippen LogP contribution in [0.25, 0.3) is 11.1 Å². The Morgan fingerprint density at radius 1 is 1.00 bits per heavy atom. The molecule has 0 aliphatic rings. The molecule has 0 aliphatic heterocycles. The summed E-state index contributed by atoms with van der Waals surface area (Å²) in [6.45, 7) is 1.61. The van der Waals surface area contributed by atoms with Crippen LogP contribution in [0.1, 0.15) is 15.9 Å². The number of halogens is 2. The lowest BCUT2D eigenvalue weighted by molar-refractivity contribution is 0.112. The zero-order valence-corrected chi connectivity index (χ0v) is 9.21. The van der Waals surface area contributed by atoms with E-state index < -0.39 is 5.82 Å². The topological polar surface area (TPSA) is 17.1 Å². The molecule has 2 rings (SSSR count). The van der Waals surface area contributed by atoms with Crippen LogP contribution in [0.4, 0.5) is 8.78 Å². The van der Waals surface area contributed by atoms with Gasteiger partial charge in [-0.25, -0.2) is 8.78 Å². The molecule has 0 atom stereocenters. The van der Waals surface area contributed by atoms with Gasteiger partial charge in [-0.2, -0.15) is 0 Å². The highest BCUT2D eigenvalue weighted by atomic mass is 19.1. The Morgan fingerprint density at radius 3 is 2.35 bits per heavy atom. The van der Waals surface area contributed by atoms with Gasteiger partial charge in [-0.05, 0) is 48.4 Å². The highest BCUT2D eigenvalue weighted by molar-refractivity contribution is 5.79. The van der Waals surface area contributed by atoms with Crippen molar-refractivity contribution >= 4 is 6.29 Å². The van der Waals surface area contributed by atoms with Gasteiger partial charge in [-0.1, -0.05) is 6.07 Å². The highest BCUT2D eigenvalue weighted by Gasteiger charge is 2.07. The largest absolute Gasteiger partial charge is 0.298 e. The summed E-state index contributed by atoms with van der Waals surface area (Å²) >= 11 is 0. The van der Waals surface area contributed by atoms with E-state index in [0.717, 1.165) is 0 Å². The third-order valence-corrected chi connectivity index (χ3v) is 2.60. The van der Waals surface area contributed by atoms with Gasteiger partial charge < -0.3 is 0 Å². The summed E-state index contributed by atoms with van der Waals surface area (Å²) in [4.78, 5) is 10.6. The van der Waals surface area contributed by atoms with Crippen molar-refractivity contribution in [1.82, 2.24) is 0 Å². The van der Waals surface area contributed by atoms with Crippen LogP contribution in [-0.4, -0.2) is 6.29 Å². The van der Waals surface area contributed by atoms with Crippen molar-refractivity contribution < 1.29 is 13.6 Å². The van der Waals surface area contributed by atoms with Gasteiger partial charge in [0.15, 0.2) is 0 Å². The summed E-state index contributed by atoms with van der Waals surface area (Å²) in [5.74, 6) is -0.762. The Labute approximate surface area is 97.7 Å². The minimum absolute atomic E-state index is 0.303. The number of benzene rings is 2. The quantitative estimate of drug-likeness (QED) is 0.720. The van der Waals surface area contributed by atoms with Crippen molar-refractivity contribution in [2.24, 2.45) is 0 Å². The van der Waals surface area contributed by atoms with Gasteiger partial charge in [0.05, 0.1) is 0 Å². The Kier molecular flexibility index (Phi) is 3.00. The SMILES string of the molecule is Cc1cc(-c2cc(C=O)ccc2F)ccc1F. The summed E-state index contributed by atoms with van der Waals surface area (Å²) in [5.41, 5.74) is 1.70. The molecule has 0 bridgehead atoms. The molecular formula is C14H10F2O. The zero-order valence-electron chi connectivity index (χ0n) is 9.21. The number of carbonyl (C=O) groups excluding carboxylic acids is 1. The van der Waals surface area contributed by atoms with Crippen LogP contribution in [-0.2, 0) is 0 Å². The molecule has 0 saturated carbocycles. The molecule has 2 aromatic rings. The molecule has 0 heterocycles. The summed E-state index contributed by atoms with van der Waals surface area (Å²) < 4.78 is 26.7. The van der Waals surface area contributed by atoms with Gasteiger partial charge in [0.25, 0.3) is 0 Å². The molecule has 0 spiro atoms. The van der Waals surface area contributed by atoms with E-state index in [9.17, 15) is 13.6 Å². The van der Waals surface area contributed by atoms with Crippen LogP contribution in [0, 0.1) is 18.6 Å². The van der Waals surface area contributed by atoms with Gasteiger partial charge in [0.2, 0.25) is 0 Å². The fourth-order valence-electron chi connectivity index (χ4n) is 1.65. The summed E-state index contributed by atoms with van der Waals surface area (Å²) in [6, 6.07) is 8.43. The number of carbonyl (C=O) groups is 1. The predicted octanol–water partition coefficient (Wildman–Crippen LogP) is 3.75. The van der Waals surface area contributed by atoms with Gasteiger partial charge in [-0.15, -0.1) is 0 Å². The van der Waals surface area contributed by atoms with Crippen LogP contribution < -0.4 is 0 Å². The maximum Gasteiger partial charge on any atom is 0.150 e. The summed E-state index contributed by atoms with van der Waals surface area (Å²) in [6.07, 6.45) is 0.652. The van der Waals surface area contributed by atoms with Crippen molar-refractivity contribution in [3.8, 4) is 11.1 Å². The summed E-state index contributed by atoms with van der Waals surface area (Å²) in [7, 11) is 0. The summed E-state index contributed by atoms with van der Waals surface area (Å²) in [5, 5.41) is 0. The van der Waals surface area contributed by atoms with E-state index in [0.29, 0.717) is 28.5 Å². The minimum atomic E-state index is -0.429. The number of rotatable bonds is 2. The third-order valence-electron chi connectivity index (χ3n) is 2.60. The second-order valence-corrected chi connectivity index (χ2v) is 3.82. The van der Waals surface area contributed by atoms with E-state index in [1.807, 2.05) is 0 Å². The van der Waals surface area contributed by atoms with E-state index in [-0.39, 0.29) is 5.82 Å². The number of hydrogen-bond acceptors (Lipinski definition) is 1. The molecular weight excluding hydrogens is 222 g/mol. The highest BCUT2D eigenvalue weighted by Crippen LogP contribution is 2.25. The molecule has 2 aromatic carbocycles. The lowest BCUT2D eigenvalue weighted by Crippen LogP contribution is -1.90. The molecule has 86 valence electrons. The van der Waals surface area contributed by atoms with Gasteiger partial charge in [0, 0.05) is 11.1 Å². The average Bonchev–Trinajstić information content (AvgIpc) is 2.33. The molecule has 0 saturated heterocycles. The van der Waals surface area contributed by atoms with Crippen LogP contribution in [0.5, 0.6) is 0 Å². The molecule has 1 nitrogen and oxygen atoms in total.